The van der Waals surface area contributed by atoms with Crippen LogP contribution in [-0.2, 0) is 9.59 Å². The van der Waals surface area contributed by atoms with E-state index in [1.165, 1.54) is 23.6 Å². The molecule has 0 bridgehead atoms. The summed E-state index contributed by atoms with van der Waals surface area (Å²) < 4.78 is 0. The van der Waals surface area contributed by atoms with E-state index in [-0.39, 0.29) is 11.3 Å². The second-order valence-electron chi connectivity index (χ2n) is 4.38. The van der Waals surface area contributed by atoms with Crippen molar-refractivity contribution in [3.05, 3.63) is 35.4 Å². The number of hydrogen-bond donors (Lipinski definition) is 1. The Hall–Kier alpha value is -1.49. The van der Waals surface area contributed by atoms with Gasteiger partial charge in [0.25, 0.3) is 0 Å². The third-order valence-electron chi connectivity index (χ3n) is 2.98. The molecule has 0 radical (unpaired) electrons. The molecular weight excluding hydrogens is 250 g/mol. The second kappa shape index (κ2) is 5.02. The maximum atomic E-state index is 11.7. The van der Waals surface area contributed by atoms with Gasteiger partial charge < -0.3 is 10.0 Å². The van der Waals surface area contributed by atoms with E-state index < -0.39 is 12.0 Å². The number of carbonyl (C=O) groups excluding carboxylic acids is 1. The Kier molecular flexibility index (Phi) is 3.61. The Bertz CT molecular complexity index is 489. The molecule has 1 aromatic carbocycles. The van der Waals surface area contributed by atoms with E-state index in [2.05, 4.69) is 0 Å². The first-order valence-electron chi connectivity index (χ1n) is 5.70. The van der Waals surface area contributed by atoms with Gasteiger partial charge in [-0.1, -0.05) is 29.8 Å². The van der Waals surface area contributed by atoms with Crippen LogP contribution in [0.5, 0.6) is 0 Å². The molecule has 2 rings (SSSR count). The molecule has 1 aliphatic heterocycles. The minimum atomic E-state index is -0.937. The predicted molar refractivity (Wildman–Crippen MR) is 70.3 cm³/mol. The highest BCUT2D eigenvalue weighted by Crippen LogP contribution is 2.41. The summed E-state index contributed by atoms with van der Waals surface area (Å²) in [4.78, 5) is 24.3. The van der Waals surface area contributed by atoms with E-state index in [4.69, 9.17) is 5.11 Å². The molecule has 1 fully saturated rings. The molecule has 0 aromatic heterocycles. The van der Waals surface area contributed by atoms with Crippen molar-refractivity contribution in [1.29, 1.82) is 0 Å². The molecule has 5 heteroatoms. The first-order valence-corrected chi connectivity index (χ1v) is 6.75. The lowest BCUT2D eigenvalue weighted by Gasteiger charge is -2.26. The molecule has 1 amide bonds. The van der Waals surface area contributed by atoms with Crippen LogP contribution >= 0.6 is 11.8 Å². The monoisotopic (exact) mass is 265 g/mol. The summed E-state index contributed by atoms with van der Waals surface area (Å²) in [6.07, 6.45) is 0. The zero-order valence-corrected chi connectivity index (χ0v) is 11.1. The van der Waals surface area contributed by atoms with Gasteiger partial charge in [0.1, 0.15) is 11.4 Å². The summed E-state index contributed by atoms with van der Waals surface area (Å²) in [6, 6.07) is 7.12. The molecule has 1 heterocycles. The molecule has 0 unspecified atom stereocenters. The molecule has 96 valence electrons. The maximum Gasteiger partial charge on any atom is 0.327 e. The summed E-state index contributed by atoms with van der Waals surface area (Å²) in [5.41, 5.74) is 2.09. The van der Waals surface area contributed by atoms with Crippen LogP contribution in [0.15, 0.2) is 24.3 Å². The van der Waals surface area contributed by atoms with E-state index in [0.29, 0.717) is 5.75 Å². The molecule has 1 saturated heterocycles. The van der Waals surface area contributed by atoms with Crippen LogP contribution in [0.2, 0.25) is 0 Å². The lowest BCUT2D eigenvalue weighted by atomic mass is 10.1. The van der Waals surface area contributed by atoms with Crippen LogP contribution in [0.25, 0.3) is 0 Å². The minimum absolute atomic E-state index is 0.191. The van der Waals surface area contributed by atoms with Gasteiger partial charge >= 0.3 is 5.97 Å². The molecule has 1 aliphatic rings. The zero-order valence-electron chi connectivity index (χ0n) is 10.3. The van der Waals surface area contributed by atoms with Crippen molar-refractivity contribution in [1.82, 2.24) is 4.90 Å². The van der Waals surface area contributed by atoms with Crippen molar-refractivity contribution >= 4 is 23.6 Å². The Morgan fingerprint density at radius 3 is 2.72 bits per heavy atom. The number of nitrogens with zero attached hydrogens (tertiary/aromatic N) is 1. The lowest BCUT2D eigenvalue weighted by Crippen LogP contribution is -2.41. The average molecular weight is 265 g/mol. The number of aliphatic carboxylic acids is 1. The topological polar surface area (TPSA) is 57.6 Å². The van der Waals surface area contributed by atoms with Crippen molar-refractivity contribution in [2.24, 2.45) is 0 Å². The number of rotatable bonds is 2. The normalized spacial score (nSPS) is 23.1. The smallest absolute Gasteiger partial charge is 0.327 e. The first kappa shape index (κ1) is 13.0. The SMILES string of the molecule is CC(=O)N1[C@@H](C(=O)O)CS[C@H]1c1cccc(C)c1. The molecule has 0 aliphatic carbocycles. The molecule has 1 aromatic rings. The molecule has 0 spiro atoms. The predicted octanol–water partition coefficient (Wildman–Crippen LogP) is 2.04. The van der Waals surface area contributed by atoms with Gasteiger partial charge in [-0.2, -0.15) is 0 Å². The summed E-state index contributed by atoms with van der Waals surface area (Å²) in [6.45, 7) is 3.40. The Morgan fingerprint density at radius 2 is 2.17 bits per heavy atom. The Morgan fingerprint density at radius 1 is 1.44 bits per heavy atom. The number of benzene rings is 1. The van der Waals surface area contributed by atoms with Crippen LogP contribution in [0.3, 0.4) is 0 Å². The standard InChI is InChI=1S/C13H15NO3S/c1-8-4-3-5-10(6-8)12-14(9(2)15)11(7-18-12)13(16)17/h3-6,11-12H,7H2,1-2H3,(H,16,17)/t11-,12+/m1/s1. The number of carbonyl (C=O) groups is 2. The van der Waals surface area contributed by atoms with Crippen LogP contribution in [0, 0.1) is 6.92 Å². The van der Waals surface area contributed by atoms with Gasteiger partial charge in [0.15, 0.2) is 0 Å². The van der Waals surface area contributed by atoms with E-state index in [0.717, 1.165) is 11.1 Å². The van der Waals surface area contributed by atoms with Crippen molar-refractivity contribution in [3.8, 4) is 0 Å². The van der Waals surface area contributed by atoms with Gasteiger partial charge in [-0.15, -0.1) is 11.8 Å². The summed E-state index contributed by atoms with van der Waals surface area (Å²) in [7, 11) is 0. The third-order valence-corrected chi connectivity index (χ3v) is 4.30. The van der Waals surface area contributed by atoms with Gasteiger partial charge in [0.05, 0.1) is 0 Å². The van der Waals surface area contributed by atoms with Gasteiger partial charge in [-0.25, -0.2) is 4.79 Å². The highest BCUT2D eigenvalue weighted by atomic mass is 32.2. The fraction of sp³-hybridized carbons (Fsp3) is 0.385. The fourth-order valence-electron chi connectivity index (χ4n) is 2.16. The second-order valence-corrected chi connectivity index (χ2v) is 5.49. The quantitative estimate of drug-likeness (QED) is 0.889. The average Bonchev–Trinajstić information content (AvgIpc) is 2.73. The lowest BCUT2D eigenvalue weighted by molar-refractivity contribution is -0.148. The fourth-order valence-corrected chi connectivity index (χ4v) is 3.62. The molecule has 2 atom stereocenters. The van der Waals surface area contributed by atoms with Gasteiger partial charge in [-0.3, -0.25) is 4.79 Å². The van der Waals surface area contributed by atoms with E-state index in [1.807, 2.05) is 31.2 Å². The van der Waals surface area contributed by atoms with Crippen LogP contribution in [0.4, 0.5) is 0 Å². The highest BCUT2D eigenvalue weighted by molar-refractivity contribution is 7.99. The molecule has 4 nitrogen and oxygen atoms in total. The minimum Gasteiger partial charge on any atom is -0.480 e. The van der Waals surface area contributed by atoms with Crippen LogP contribution in [0.1, 0.15) is 23.4 Å². The van der Waals surface area contributed by atoms with Crippen molar-refractivity contribution in [3.63, 3.8) is 0 Å². The van der Waals surface area contributed by atoms with Crippen LogP contribution < -0.4 is 0 Å². The molecule has 0 saturated carbocycles. The first-order chi connectivity index (χ1) is 8.50. The van der Waals surface area contributed by atoms with Gasteiger partial charge in [-0.05, 0) is 12.5 Å². The number of thioether (sulfide) groups is 1. The summed E-state index contributed by atoms with van der Waals surface area (Å²) in [5, 5.41) is 8.95. The van der Waals surface area contributed by atoms with Gasteiger partial charge in [0, 0.05) is 12.7 Å². The maximum absolute atomic E-state index is 11.7. The molecule has 18 heavy (non-hydrogen) atoms. The summed E-state index contributed by atoms with van der Waals surface area (Å²) in [5.74, 6) is -0.695. The highest BCUT2D eigenvalue weighted by Gasteiger charge is 2.40. The third kappa shape index (κ3) is 2.36. The number of hydrogen-bond acceptors (Lipinski definition) is 3. The van der Waals surface area contributed by atoms with E-state index in [9.17, 15) is 9.59 Å². The number of carboxylic acid groups (broad SMARTS) is 1. The van der Waals surface area contributed by atoms with Crippen molar-refractivity contribution in [2.75, 3.05) is 5.75 Å². The summed E-state index contributed by atoms with van der Waals surface area (Å²) >= 11 is 1.50. The van der Waals surface area contributed by atoms with Crippen molar-refractivity contribution < 1.29 is 14.7 Å². The van der Waals surface area contributed by atoms with E-state index >= 15 is 0 Å². The Labute approximate surface area is 110 Å². The number of carboxylic acids is 1. The number of amides is 1. The zero-order chi connectivity index (χ0) is 13.3. The molecular formula is C13H15NO3S. The number of aryl methyl sites for hydroxylation is 1. The van der Waals surface area contributed by atoms with Gasteiger partial charge in [0.2, 0.25) is 5.91 Å². The molecule has 1 N–H and O–H groups in total. The Balaban J connectivity index is 2.33. The van der Waals surface area contributed by atoms with E-state index in [1.54, 1.807) is 0 Å². The van der Waals surface area contributed by atoms with Crippen LogP contribution in [-0.4, -0.2) is 33.7 Å². The van der Waals surface area contributed by atoms with Crippen molar-refractivity contribution in [2.45, 2.75) is 25.3 Å². The largest absolute Gasteiger partial charge is 0.480 e.